The van der Waals surface area contributed by atoms with Gasteiger partial charge in [-0.25, -0.2) is 0 Å². The molecule has 0 radical (unpaired) electrons. The van der Waals surface area contributed by atoms with E-state index in [-0.39, 0.29) is 17.5 Å². The van der Waals surface area contributed by atoms with Gasteiger partial charge in [-0.05, 0) is 102 Å². The molecule has 0 saturated carbocycles. The van der Waals surface area contributed by atoms with Gasteiger partial charge < -0.3 is 4.90 Å². The molecule has 3 heterocycles. The molecule has 5 atom stereocenters. The largest absolute Gasteiger partial charge is 0.336 e. The van der Waals surface area contributed by atoms with Crippen molar-refractivity contribution in [3.8, 4) is 0 Å². The summed E-state index contributed by atoms with van der Waals surface area (Å²) in [5.74, 6) is 0.791. The van der Waals surface area contributed by atoms with Crippen LogP contribution in [0.5, 0.6) is 0 Å². The maximum Gasteiger partial charge on any atom is 0.0833 e. The molecule has 0 N–H and O–H groups in total. The van der Waals surface area contributed by atoms with Crippen LogP contribution in [0.25, 0.3) is 43.1 Å². The zero-order valence-electron chi connectivity index (χ0n) is 29.8. The number of benzene rings is 4. The molecule has 0 saturated heterocycles. The summed E-state index contributed by atoms with van der Waals surface area (Å²) < 4.78 is 2.81. The summed E-state index contributed by atoms with van der Waals surface area (Å²) >= 11 is 1.98. The molecule has 5 unspecified atom stereocenters. The number of allylic oxidation sites excluding steroid dienone is 6. The standard InChI is InChI=1S/C49H42N2S/c1-30-27-32-15-7-9-18-36(32)46-44(30)49(2)29-34(24-25-43(49)51(46)42-28-33-16-6-8-17-35(33)45-41(42)23-12-26-50-45)38-20-11-22-40-39-21-10-19-37(47(39)52-48(38)40)31-13-4-3-5-14-31/h3-4,6-11,13,15-22,24-26,28-30,41,43,45H,5,12,14,23,27H2,1-2H3. The number of hydrogen-bond donors (Lipinski definition) is 0. The Morgan fingerprint density at radius 2 is 1.63 bits per heavy atom. The second kappa shape index (κ2) is 11.5. The number of nitrogens with zero attached hydrogens (tertiary/aromatic N) is 2. The third-order valence-electron chi connectivity index (χ3n) is 12.9. The van der Waals surface area contributed by atoms with Gasteiger partial charge in [0.15, 0.2) is 0 Å². The van der Waals surface area contributed by atoms with Crippen LogP contribution in [-0.2, 0) is 6.42 Å². The van der Waals surface area contributed by atoms with Gasteiger partial charge in [-0.2, -0.15) is 0 Å². The van der Waals surface area contributed by atoms with Crippen molar-refractivity contribution in [3.05, 3.63) is 166 Å². The van der Waals surface area contributed by atoms with E-state index in [1.165, 1.54) is 76.1 Å². The van der Waals surface area contributed by atoms with Crippen molar-refractivity contribution in [2.75, 3.05) is 0 Å². The molecule has 0 amide bonds. The minimum Gasteiger partial charge on any atom is -0.336 e. The Labute approximate surface area is 310 Å². The molecule has 4 aliphatic carbocycles. The highest BCUT2D eigenvalue weighted by Crippen LogP contribution is 2.61. The average Bonchev–Trinajstić information content (AvgIpc) is 3.71. The molecule has 5 aromatic rings. The summed E-state index contributed by atoms with van der Waals surface area (Å²) in [6.07, 6.45) is 24.7. The summed E-state index contributed by atoms with van der Waals surface area (Å²) in [6.45, 7) is 5.02. The van der Waals surface area contributed by atoms with Crippen LogP contribution in [0.3, 0.4) is 0 Å². The summed E-state index contributed by atoms with van der Waals surface area (Å²) in [6, 6.07) is 32.5. The lowest BCUT2D eigenvalue weighted by molar-refractivity contribution is 0.268. The summed E-state index contributed by atoms with van der Waals surface area (Å²) in [5.41, 5.74) is 15.5. The molecule has 2 nitrogen and oxygen atoms in total. The predicted octanol–water partition coefficient (Wildman–Crippen LogP) is 12.6. The number of hydrogen-bond acceptors (Lipinski definition) is 3. The quantitative estimate of drug-likeness (QED) is 0.184. The highest BCUT2D eigenvalue weighted by molar-refractivity contribution is 7.26. The van der Waals surface area contributed by atoms with E-state index < -0.39 is 0 Å². The van der Waals surface area contributed by atoms with Gasteiger partial charge in [0.05, 0.1) is 12.1 Å². The fraction of sp³-hybridized carbons (Fsp3) is 0.245. The minimum absolute atomic E-state index is 0.166. The number of rotatable bonds is 3. The predicted molar refractivity (Wildman–Crippen MR) is 221 cm³/mol. The number of thiophene rings is 1. The van der Waals surface area contributed by atoms with Crippen LogP contribution in [0.15, 0.2) is 138 Å². The van der Waals surface area contributed by atoms with Crippen molar-refractivity contribution >= 4 is 60.6 Å². The first kappa shape index (κ1) is 30.6. The molecule has 2 aliphatic heterocycles. The molecule has 1 aromatic heterocycles. The molecule has 0 bridgehead atoms. The Kier molecular flexibility index (Phi) is 6.77. The first-order chi connectivity index (χ1) is 25.6. The zero-order valence-corrected chi connectivity index (χ0v) is 30.7. The topological polar surface area (TPSA) is 15.6 Å². The number of fused-ring (bicyclic) bond motifs is 10. The van der Waals surface area contributed by atoms with Gasteiger partial charge in [-0.15, -0.1) is 11.3 Å². The van der Waals surface area contributed by atoms with Crippen LogP contribution < -0.4 is 0 Å². The van der Waals surface area contributed by atoms with Gasteiger partial charge in [0.25, 0.3) is 0 Å². The van der Waals surface area contributed by atoms with Gasteiger partial charge in [0.2, 0.25) is 0 Å². The van der Waals surface area contributed by atoms with Crippen LogP contribution in [0, 0.1) is 17.3 Å². The van der Waals surface area contributed by atoms with E-state index in [9.17, 15) is 0 Å². The van der Waals surface area contributed by atoms with Crippen molar-refractivity contribution < 1.29 is 0 Å². The fourth-order valence-corrected chi connectivity index (χ4v) is 12.1. The van der Waals surface area contributed by atoms with Crippen LogP contribution in [0.2, 0.25) is 0 Å². The molecule has 4 aromatic carbocycles. The van der Waals surface area contributed by atoms with E-state index in [2.05, 4.69) is 152 Å². The zero-order chi connectivity index (χ0) is 34.6. The highest BCUT2D eigenvalue weighted by Gasteiger charge is 2.54. The normalized spacial score (nSPS) is 27.1. The highest BCUT2D eigenvalue weighted by atomic mass is 32.1. The Hall–Kier alpha value is -4.99. The molecule has 52 heavy (non-hydrogen) atoms. The lowest BCUT2D eigenvalue weighted by Gasteiger charge is -2.44. The first-order valence-corrected chi connectivity index (χ1v) is 20.1. The second-order valence-corrected chi connectivity index (χ2v) is 16.9. The Morgan fingerprint density at radius 3 is 2.50 bits per heavy atom. The summed E-state index contributed by atoms with van der Waals surface area (Å²) in [4.78, 5) is 7.98. The summed E-state index contributed by atoms with van der Waals surface area (Å²) in [5, 5.41) is 2.75. The lowest BCUT2D eigenvalue weighted by Crippen LogP contribution is -2.42. The maximum atomic E-state index is 5.19. The SMILES string of the molecule is CC1Cc2ccccc2C2=C1C1(C)C=C(c3cccc4c3sc3c(C5=CC=CCC5)cccc34)C=CC1N2C1=Cc2ccccc2C2N=CCCC12. The van der Waals surface area contributed by atoms with Crippen molar-refractivity contribution in [1.82, 2.24) is 4.90 Å². The molecule has 0 fully saturated rings. The average molecular weight is 691 g/mol. The van der Waals surface area contributed by atoms with E-state index in [0.29, 0.717) is 11.8 Å². The van der Waals surface area contributed by atoms with Gasteiger partial charge >= 0.3 is 0 Å². The Bertz CT molecular complexity index is 2570. The first-order valence-electron chi connectivity index (χ1n) is 19.2. The third kappa shape index (κ3) is 4.32. The Morgan fingerprint density at radius 1 is 0.846 bits per heavy atom. The van der Waals surface area contributed by atoms with E-state index in [1.54, 1.807) is 5.57 Å². The van der Waals surface area contributed by atoms with Gasteiger partial charge in [-0.1, -0.05) is 128 Å². The molecule has 0 spiro atoms. The van der Waals surface area contributed by atoms with Gasteiger partial charge in [0, 0.05) is 48.5 Å². The molecule has 11 rings (SSSR count). The number of aliphatic imine (C=N–C) groups is 1. The van der Waals surface area contributed by atoms with E-state index >= 15 is 0 Å². The lowest BCUT2D eigenvalue weighted by atomic mass is 9.66. The van der Waals surface area contributed by atoms with Gasteiger partial charge in [-0.3, -0.25) is 4.99 Å². The molecular weight excluding hydrogens is 649 g/mol. The van der Waals surface area contributed by atoms with Crippen molar-refractivity contribution in [3.63, 3.8) is 0 Å². The van der Waals surface area contributed by atoms with Crippen LogP contribution in [-0.4, -0.2) is 17.2 Å². The maximum absolute atomic E-state index is 5.19. The smallest absolute Gasteiger partial charge is 0.0833 e. The molecular formula is C49H42N2S. The summed E-state index contributed by atoms with van der Waals surface area (Å²) in [7, 11) is 0. The fourth-order valence-electron chi connectivity index (χ4n) is 10.7. The van der Waals surface area contributed by atoms with Crippen molar-refractivity contribution in [2.45, 2.75) is 58.0 Å². The molecule has 254 valence electrons. The van der Waals surface area contributed by atoms with Gasteiger partial charge in [0.1, 0.15) is 0 Å². The van der Waals surface area contributed by atoms with E-state index in [4.69, 9.17) is 4.99 Å². The van der Waals surface area contributed by atoms with E-state index in [1.807, 2.05) is 11.3 Å². The monoisotopic (exact) mass is 690 g/mol. The Balaban J connectivity index is 1.11. The van der Waals surface area contributed by atoms with Crippen LogP contribution in [0.1, 0.15) is 79.0 Å². The van der Waals surface area contributed by atoms with Crippen LogP contribution in [0.4, 0.5) is 0 Å². The second-order valence-electron chi connectivity index (χ2n) is 15.9. The van der Waals surface area contributed by atoms with Crippen LogP contribution >= 0.6 is 11.3 Å². The van der Waals surface area contributed by atoms with Crippen molar-refractivity contribution in [1.29, 1.82) is 0 Å². The van der Waals surface area contributed by atoms with E-state index in [0.717, 1.165) is 32.1 Å². The van der Waals surface area contributed by atoms with Crippen molar-refractivity contribution in [2.24, 2.45) is 22.2 Å². The third-order valence-corrected chi connectivity index (χ3v) is 14.2. The molecule has 6 aliphatic rings. The minimum atomic E-state index is -0.166. The molecule has 3 heteroatoms.